The van der Waals surface area contributed by atoms with Gasteiger partial charge in [0.1, 0.15) is 5.82 Å². The van der Waals surface area contributed by atoms with Crippen LogP contribution >= 0.6 is 0 Å². The molecule has 0 atom stereocenters. The molecule has 1 fully saturated rings. The minimum absolute atomic E-state index is 0.0146. The van der Waals surface area contributed by atoms with E-state index in [0.29, 0.717) is 13.2 Å². The van der Waals surface area contributed by atoms with E-state index in [0.717, 1.165) is 19.3 Å². The molecular weight excluding hydrogens is 295 g/mol. The first kappa shape index (κ1) is 16.4. The van der Waals surface area contributed by atoms with Gasteiger partial charge in [0.25, 0.3) is 0 Å². The first-order chi connectivity index (χ1) is 9.94. The predicted octanol–water partition coefficient (Wildman–Crippen LogP) is 1.38. The van der Waals surface area contributed by atoms with E-state index in [4.69, 9.17) is 10.5 Å². The molecule has 21 heavy (non-hydrogen) atoms. The van der Waals surface area contributed by atoms with Gasteiger partial charge < -0.3 is 10.5 Å². The molecule has 2 rings (SSSR count). The van der Waals surface area contributed by atoms with Gasteiger partial charge in [-0.1, -0.05) is 6.07 Å². The molecule has 0 aliphatic heterocycles. The summed E-state index contributed by atoms with van der Waals surface area (Å²) >= 11 is 0. The maximum absolute atomic E-state index is 13.6. The van der Waals surface area contributed by atoms with Crippen LogP contribution < -0.4 is 10.5 Å². The van der Waals surface area contributed by atoms with Crippen LogP contribution in [0.5, 0.6) is 0 Å². The lowest BCUT2D eigenvalue weighted by molar-refractivity contribution is 0.173. The summed E-state index contributed by atoms with van der Waals surface area (Å²) in [6.07, 6.45) is 2.77. The molecule has 0 spiro atoms. The molecule has 1 aliphatic carbocycles. The molecule has 1 saturated carbocycles. The molecular formula is C14H21FN2O3S. The number of nitrogens with one attached hydrogen (secondary N) is 1. The Balaban J connectivity index is 2.11. The zero-order valence-corrected chi connectivity index (χ0v) is 12.9. The average molecular weight is 316 g/mol. The van der Waals surface area contributed by atoms with Crippen LogP contribution in [0, 0.1) is 11.2 Å². The summed E-state index contributed by atoms with van der Waals surface area (Å²) in [7, 11) is -2.13. The SMILES string of the molecule is COCCC1(CNS(=O)(=O)c2cccc(F)c2CN)CC1. The first-order valence-corrected chi connectivity index (χ1v) is 8.38. The van der Waals surface area contributed by atoms with Crippen molar-refractivity contribution in [3.8, 4) is 0 Å². The van der Waals surface area contributed by atoms with Gasteiger partial charge in [0.2, 0.25) is 10.0 Å². The lowest BCUT2D eigenvalue weighted by Crippen LogP contribution is -2.32. The van der Waals surface area contributed by atoms with E-state index in [-0.39, 0.29) is 22.4 Å². The van der Waals surface area contributed by atoms with Crippen LogP contribution in [0.25, 0.3) is 0 Å². The highest BCUT2D eigenvalue weighted by Crippen LogP contribution is 2.48. The van der Waals surface area contributed by atoms with Gasteiger partial charge >= 0.3 is 0 Å². The number of hydrogen-bond acceptors (Lipinski definition) is 4. The monoisotopic (exact) mass is 316 g/mol. The van der Waals surface area contributed by atoms with Gasteiger partial charge in [-0.3, -0.25) is 0 Å². The van der Waals surface area contributed by atoms with Crippen LogP contribution in [-0.4, -0.2) is 28.7 Å². The van der Waals surface area contributed by atoms with E-state index in [9.17, 15) is 12.8 Å². The van der Waals surface area contributed by atoms with Gasteiger partial charge in [-0.2, -0.15) is 0 Å². The van der Waals surface area contributed by atoms with Crippen molar-refractivity contribution in [2.24, 2.45) is 11.1 Å². The van der Waals surface area contributed by atoms with Gasteiger partial charge in [0.15, 0.2) is 0 Å². The summed E-state index contributed by atoms with van der Waals surface area (Å²) in [5.74, 6) is -0.596. The molecule has 0 bridgehead atoms. The van der Waals surface area contributed by atoms with Crippen molar-refractivity contribution in [2.45, 2.75) is 30.7 Å². The van der Waals surface area contributed by atoms with E-state index in [1.165, 1.54) is 18.2 Å². The number of rotatable bonds is 8. The molecule has 0 radical (unpaired) electrons. The lowest BCUT2D eigenvalue weighted by Gasteiger charge is -2.17. The largest absolute Gasteiger partial charge is 0.385 e. The highest BCUT2D eigenvalue weighted by atomic mass is 32.2. The standard InChI is InChI=1S/C14H21FN2O3S/c1-20-8-7-14(5-6-14)10-17-21(18,19)13-4-2-3-12(15)11(13)9-16/h2-4,17H,5-10,16H2,1H3. The number of sulfonamides is 1. The zero-order chi connectivity index (χ0) is 15.5. The van der Waals surface area contributed by atoms with E-state index in [1.807, 2.05) is 0 Å². The normalized spacial score (nSPS) is 16.9. The molecule has 1 aromatic rings. The minimum Gasteiger partial charge on any atom is -0.385 e. The van der Waals surface area contributed by atoms with Crippen molar-refractivity contribution in [1.29, 1.82) is 0 Å². The van der Waals surface area contributed by atoms with E-state index >= 15 is 0 Å². The summed E-state index contributed by atoms with van der Waals surface area (Å²) in [6, 6.07) is 3.96. The summed E-state index contributed by atoms with van der Waals surface area (Å²) in [5.41, 5.74) is 5.46. The molecule has 5 nitrogen and oxygen atoms in total. The molecule has 0 amide bonds. The Morgan fingerprint density at radius 1 is 1.43 bits per heavy atom. The zero-order valence-electron chi connectivity index (χ0n) is 12.1. The van der Waals surface area contributed by atoms with Crippen LogP contribution in [0.4, 0.5) is 4.39 Å². The maximum atomic E-state index is 13.6. The average Bonchev–Trinajstić information content (AvgIpc) is 3.23. The van der Waals surface area contributed by atoms with Crippen molar-refractivity contribution >= 4 is 10.0 Å². The Bertz CT molecular complexity index is 600. The second-order valence-corrected chi connectivity index (χ2v) is 7.22. The Kier molecular flexibility index (Phi) is 4.98. The Morgan fingerprint density at radius 3 is 2.71 bits per heavy atom. The van der Waals surface area contributed by atoms with E-state index in [1.54, 1.807) is 7.11 Å². The highest BCUT2D eigenvalue weighted by molar-refractivity contribution is 7.89. The van der Waals surface area contributed by atoms with Gasteiger partial charge in [0, 0.05) is 32.4 Å². The maximum Gasteiger partial charge on any atom is 0.241 e. The Labute approximate surface area is 124 Å². The fourth-order valence-electron chi connectivity index (χ4n) is 2.33. The molecule has 7 heteroatoms. The summed E-state index contributed by atoms with van der Waals surface area (Å²) in [6.45, 7) is 0.798. The van der Waals surface area contributed by atoms with Crippen molar-refractivity contribution in [3.05, 3.63) is 29.6 Å². The third-order valence-corrected chi connectivity index (χ3v) is 5.49. The van der Waals surface area contributed by atoms with Gasteiger partial charge in [-0.15, -0.1) is 0 Å². The summed E-state index contributed by atoms with van der Waals surface area (Å²) in [4.78, 5) is -0.0764. The van der Waals surface area contributed by atoms with E-state index in [2.05, 4.69) is 4.72 Å². The summed E-state index contributed by atoms with van der Waals surface area (Å²) in [5, 5.41) is 0. The van der Waals surface area contributed by atoms with Crippen LogP contribution in [0.2, 0.25) is 0 Å². The second kappa shape index (κ2) is 6.39. The fraction of sp³-hybridized carbons (Fsp3) is 0.571. The van der Waals surface area contributed by atoms with Crippen molar-refractivity contribution in [1.82, 2.24) is 4.72 Å². The van der Waals surface area contributed by atoms with Crippen molar-refractivity contribution in [2.75, 3.05) is 20.3 Å². The van der Waals surface area contributed by atoms with Gasteiger partial charge in [-0.05, 0) is 36.8 Å². The molecule has 1 aromatic carbocycles. The van der Waals surface area contributed by atoms with Crippen LogP contribution in [0.15, 0.2) is 23.1 Å². The predicted molar refractivity (Wildman–Crippen MR) is 77.6 cm³/mol. The van der Waals surface area contributed by atoms with Crippen molar-refractivity contribution in [3.63, 3.8) is 0 Å². The highest BCUT2D eigenvalue weighted by Gasteiger charge is 2.42. The third kappa shape index (κ3) is 3.79. The Hall–Kier alpha value is -1.02. The number of hydrogen-bond donors (Lipinski definition) is 2. The molecule has 0 unspecified atom stereocenters. The third-order valence-electron chi connectivity index (χ3n) is 4.00. The number of methoxy groups -OCH3 is 1. The molecule has 0 aromatic heterocycles. The molecule has 3 N–H and O–H groups in total. The molecule has 1 aliphatic rings. The van der Waals surface area contributed by atoms with Crippen molar-refractivity contribution < 1.29 is 17.5 Å². The fourth-order valence-corrected chi connectivity index (χ4v) is 3.74. The quantitative estimate of drug-likeness (QED) is 0.759. The second-order valence-electron chi connectivity index (χ2n) is 5.49. The smallest absolute Gasteiger partial charge is 0.241 e. The van der Waals surface area contributed by atoms with Gasteiger partial charge in [-0.25, -0.2) is 17.5 Å². The topological polar surface area (TPSA) is 81.4 Å². The molecule has 118 valence electrons. The van der Waals surface area contributed by atoms with Gasteiger partial charge in [0.05, 0.1) is 4.90 Å². The summed E-state index contributed by atoms with van der Waals surface area (Å²) < 4.78 is 46.0. The number of halogens is 1. The number of ether oxygens (including phenoxy) is 1. The minimum atomic E-state index is -3.75. The first-order valence-electron chi connectivity index (χ1n) is 6.90. The lowest BCUT2D eigenvalue weighted by atomic mass is 10.0. The van der Waals surface area contributed by atoms with Crippen LogP contribution in [0.3, 0.4) is 0 Å². The molecule has 0 saturated heterocycles. The Morgan fingerprint density at radius 2 is 2.14 bits per heavy atom. The number of benzene rings is 1. The van der Waals surface area contributed by atoms with E-state index < -0.39 is 15.8 Å². The molecule has 0 heterocycles. The van der Waals surface area contributed by atoms with Crippen LogP contribution in [-0.2, 0) is 21.3 Å². The van der Waals surface area contributed by atoms with Crippen LogP contribution in [0.1, 0.15) is 24.8 Å². The number of nitrogens with two attached hydrogens (primary N) is 1.